The first-order valence-electron chi connectivity index (χ1n) is 6.42. The number of aromatic hydroxyl groups is 1. The van der Waals surface area contributed by atoms with E-state index in [4.69, 9.17) is 5.11 Å². The zero-order valence-corrected chi connectivity index (χ0v) is 11.5. The van der Waals surface area contributed by atoms with Crippen LogP contribution in [0.25, 0.3) is 0 Å². The third-order valence-corrected chi connectivity index (χ3v) is 4.66. The van der Waals surface area contributed by atoms with Crippen LogP contribution in [0.15, 0.2) is 18.2 Å². The first kappa shape index (κ1) is 13.7. The highest BCUT2D eigenvalue weighted by atomic mass is 32.2. The van der Waals surface area contributed by atoms with Gasteiger partial charge in [-0.05, 0) is 43.2 Å². The van der Waals surface area contributed by atoms with Crippen LogP contribution in [-0.4, -0.2) is 22.7 Å². The van der Waals surface area contributed by atoms with Crippen molar-refractivity contribution in [3.05, 3.63) is 29.6 Å². The van der Waals surface area contributed by atoms with E-state index in [2.05, 4.69) is 11.6 Å². The highest BCUT2D eigenvalue weighted by Gasteiger charge is 2.20. The summed E-state index contributed by atoms with van der Waals surface area (Å²) in [5.74, 6) is -0.821. The Hall–Kier alpha value is -0.740. The quantitative estimate of drug-likeness (QED) is 0.879. The van der Waals surface area contributed by atoms with Crippen LogP contribution in [0.5, 0.6) is 5.75 Å². The number of benzene rings is 1. The van der Waals surface area contributed by atoms with Gasteiger partial charge in [-0.25, -0.2) is 4.39 Å². The van der Waals surface area contributed by atoms with Gasteiger partial charge in [0.05, 0.1) is 0 Å². The molecule has 2 atom stereocenters. The topological polar surface area (TPSA) is 32.3 Å². The van der Waals surface area contributed by atoms with E-state index < -0.39 is 5.82 Å². The fourth-order valence-electron chi connectivity index (χ4n) is 2.47. The summed E-state index contributed by atoms with van der Waals surface area (Å²) in [7, 11) is 0. The Bertz CT molecular complexity index is 399. The standard InChI is InChI=1S/C14H20FNOS/c1-18-12-4-2-3-11(8-12)16-9-10-5-6-14(17)13(15)7-10/h5-7,11-12,16-17H,2-4,8-9H2,1H3. The number of hydrogen-bond acceptors (Lipinski definition) is 3. The average molecular weight is 269 g/mol. The van der Waals surface area contributed by atoms with Gasteiger partial charge in [-0.2, -0.15) is 11.8 Å². The van der Waals surface area contributed by atoms with E-state index in [0.29, 0.717) is 12.6 Å². The van der Waals surface area contributed by atoms with Crippen LogP contribution in [0.3, 0.4) is 0 Å². The molecule has 2 nitrogen and oxygen atoms in total. The Balaban J connectivity index is 1.85. The van der Waals surface area contributed by atoms with Crippen molar-refractivity contribution in [1.82, 2.24) is 5.32 Å². The predicted octanol–water partition coefficient (Wildman–Crippen LogP) is 3.30. The van der Waals surface area contributed by atoms with Gasteiger partial charge in [-0.15, -0.1) is 0 Å². The zero-order valence-electron chi connectivity index (χ0n) is 10.7. The van der Waals surface area contributed by atoms with Gasteiger partial charge in [-0.1, -0.05) is 12.5 Å². The maximum atomic E-state index is 13.2. The summed E-state index contributed by atoms with van der Waals surface area (Å²) in [6.45, 7) is 0.670. The molecule has 0 spiro atoms. The summed E-state index contributed by atoms with van der Waals surface area (Å²) >= 11 is 1.94. The number of halogens is 1. The fraction of sp³-hybridized carbons (Fsp3) is 0.571. The van der Waals surface area contributed by atoms with Gasteiger partial charge in [0.15, 0.2) is 11.6 Å². The molecule has 1 fully saturated rings. The second-order valence-corrected chi connectivity index (χ2v) is 6.03. The van der Waals surface area contributed by atoms with Gasteiger partial charge < -0.3 is 10.4 Å². The molecule has 2 N–H and O–H groups in total. The summed E-state index contributed by atoms with van der Waals surface area (Å²) in [6, 6.07) is 5.11. The first-order chi connectivity index (χ1) is 8.69. The summed E-state index contributed by atoms with van der Waals surface area (Å²) in [4.78, 5) is 0. The van der Waals surface area contributed by atoms with Gasteiger partial charge in [0, 0.05) is 17.8 Å². The van der Waals surface area contributed by atoms with Crippen molar-refractivity contribution in [2.45, 2.75) is 43.5 Å². The third kappa shape index (κ3) is 3.62. The maximum Gasteiger partial charge on any atom is 0.165 e. The Labute approximate surface area is 112 Å². The van der Waals surface area contributed by atoms with Crippen molar-refractivity contribution in [2.24, 2.45) is 0 Å². The van der Waals surface area contributed by atoms with Gasteiger partial charge in [0.2, 0.25) is 0 Å². The minimum Gasteiger partial charge on any atom is -0.505 e. The number of phenolic OH excluding ortho intramolecular Hbond substituents is 1. The van der Waals surface area contributed by atoms with Crippen molar-refractivity contribution in [3.63, 3.8) is 0 Å². The van der Waals surface area contributed by atoms with Crippen LogP contribution >= 0.6 is 11.8 Å². The van der Waals surface area contributed by atoms with Crippen molar-refractivity contribution < 1.29 is 9.50 Å². The van der Waals surface area contributed by atoms with E-state index >= 15 is 0 Å². The van der Waals surface area contributed by atoms with Gasteiger partial charge in [0.1, 0.15) is 0 Å². The minimum absolute atomic E-state index is 0.279. The molecule has 0 aromatic heterocycles. The molecule has 0 heterocycles. The highest BCUT2D eigenvalue weighted by Crippen LogP contribution is 2.27. The average Bonchev–Trinajstić information content (AvgIpc) is 2.40. The smallest absolute Gasteiger partial charge is 0.165 e. The molecule has 0 amide bonds. The lowest BCUT2D eigenvalue weighted by Crippen LogP contribution is -2.34. The molecule has 1 aliphatic rings. The summed E-state index contributed by atoms with van der Waals surface area (Å²) < 4.78 is 13.2. The summed E-state index contributed by atoms with van der Waals surface area (Å²) in [5.41, 5.74) is 0.886. The Morgan fingerprint density at radius 3 is 3.00 bits per heavy atom. The van der Waals surface area contributed by atoms with Crippen LogP contribution in [0.2, 0.25) is 0 Å². The van der Waals surface area contributed by atoms with Gasteiger partial charge >= 0.3 is 0 Å². The van der Waals surface area contributed by atoms with E-state index in [1.807, 2.05) is 11.8 Å². The van der Waals surface area contributed by atoms with Crippen molar-refractivity contribution >= 4 is 11.8 Å². The molecule has 100 valence electrons. The Kier molecular flexibility index (Phi) is 4.89. The lowest BCUT2D eigenvalue weighted by atomic mass is 9.95. The lowest BCUT2D eigenvalue weighted by molar-refractivity contribution is 0.379. The Morgan fingerprint density at radius 2 is 2.28 bits per heavy atom. The summed E-state index contributed by atoms with van der Waals surface area (Å²) in [6.07, 6.45) is 7.15. The first-order valence-corrected chi connectivity index (χ1v) is 7.71. The highest BCUT2D eigenvalue weighted by molar-refractivity contribution is 7.99. The Morgan fingerprint density at radius 1 is 1.44 bits per heavy atom. The van der Waals surface area contributed by atoms with Crippen LogP contribution < -0.4 is 5.32 Å². The van der Waals surface area contributed by atoms with Crippen LogP contribution in [-0.2, 0) is 6.54 Å². The summed E-state index contributed by atoms with van der Waals surface area (Å²) in [5, 5.41) is 13.4. The minimum atomic E-state index is -0.542. The van der Waals surface area contributed by atoms with E-state index in [1.54, 1.807) is 6.07 Å². The molecule has 4 heteroatoms. The number of phenols is 1. The van der Waals surface area contributed by atoms with Crippen LogP contribution in [0.1, 0.15) is 31.2 Å². The molecule has 1 saturated carbocycles. The number of rotatable bonds is 4. The fourth-order valence-corrected chi connectivity index (χ4v) is 3.29. The lowest BCUT2D eigenvalue weighted by Gasteiger charge is -2.28. The molecule has 0 radical (unpaired) electrons. The SMILES string of the molecule is CSC1CCCC(NCc2ccc(O)c(F)c2)C1. The predicted molar refractivity (Wildman–Crippen MR) is 74.5 cm³/mol. The molecule has 0 saturated heterocycles. The molecule has 2 unspecified atom stereocenters. The number of thioether (sulfide) groups is 1. The molecule has 1 aliphatic carbocycles. The molecular formula is C14H20FNOS. The van der Waals surface area contributed by atoms with Crippen molar-refractivity contribution in [2.75, 3.05) is 6.26 Å². The number of hydrogen-bond donors (Lipinski definition) is 2. The maximum absolute atomic E-state index is 13.2. The van der Waals surface area contributed by atoms with E-state index in [0.717, 1.165) is 10.8 Å². The second kappa shape index (κ2) is 6.43. The third-order valence-electron chi connectivity index (χ3n) is 3.57. The molecule has 1 aromatic rings. The molecule has 18 heavy (non-hydrogen) atoms. The zero-order chi connectivity index (χ0) is 13.0. The van der Waals surface area contributed by atoms with E-state index in [9.17, 15) is 4.39 Å². The van der Waals surface area contributed by atoms with Crippen LogP contribution in [0, 0.1) is 5.82 Å². The van der Waals surface area contributed by atoms with Gasteiger partial charge in [-0.3, -0.25) is 0 Å². The van der Waals surface area contributed by atoms with E-state index in [-0.39, 0.29) is 5.75 Å². The molecule has 2 rings (SSSR count). The van der Waals surface area contributed by atoms with Crippen LogP contribution in [0.4, 0.5) is 4.39 Å². The van der Waals surface area contributed by atoms with Crippen molar-refractivity contribution in [3.8, 4) is 5.75 Å². The second-order valence-electron chi connectivity index (χ2n) is 4.89. The molecule has 0 bridgehead atoms. The monoisotopic (exact) mass is 269 g/mol. The van der Waals surface area contributed by atoms with Crippen molar-refractivity contribution in [1.29, 1.82) is 0 Å². The molecule has 0 aliphatic heterocycles. The number of nitrogens with one attached hydrogen (secondary N) is 1. The molecular weight excluding hydrogens is 249 g/mol. The van der Waals surface area contributed by atoms with Gasteiger partial charge in [0.25, 0.3) is 0 Å². The van der Waals surface area contributed by atoms with E-state index in [1.165, 1.54) is 37.8 Å². The largest absolute Gasteiger partial charge is 0.505 e. The normalized spacial score (nSPS) is 24.1. The molecule has 1 aromatic carbocycles.